The zero-order chi connectivity index (χ0) is 13.9. The van der Waals surface area contributed by atoms with Crippen molar-refractivity contribution in [3.63, 3.8) is 0 Å². The first-order chi connectivity index (χ1) is 9.03. The Bertz CT molecular complexity index is 273. The van der Waals surface area contributed by atoms with Crippen LogP contribution in [0.2, 0.25) is 0 Å². The predicted molar refractivity (Wildman–Crippen MR) is 81.5 cm³/mol. The van der Waals surface area contributed by atoms with E-state index in [0.29, 0.717) is 11.5 Å². The third kappa shape index (κ3) is 3.91. The molecule has 2 aliphatic rings. The molecular weight excluding hydrogens is 236 g/mol. The highest BCUT2D eigenvalue weighted by Crippen LogP contribution is 2.32. The second-order valence-corrected chi connectivity index (χ2v) is 7.09. The van der Waals surface area contributed by atoms with Crippen LogP contribution in [0.5, 0.6) is 0 Å². The van der Waals surface area contributed by atoms with Gasteiger partial charge in [0, 0.05) is 45.3 Å². The first kappa shape index (κ1) is 15.2. The quantitative estimate of drug-likeness (QED) is 0.758. The SMILES string of the molecule is CNC(C1CCN(C)C1)C(C)(C)CN1CCNCC1. The summed E-state index contributed by atoms with van der Waals surface area (Å²) in [7, 11) is 4.39. The van der Waals surface area contributed by atoms with Crippen molar-refractivity contribution in [3.8, 4) is 0 Å². The number of rotatable bonds is 5. The Kier molecular flexibility index (Phi) is 5.23. The van der Waals surface area contributed by atoms with Crippen LogP contribution in [0.3, 0.4) is 0 Å². The Morgan fingerprint density at radius 3 is 2.47 bits per heavy atom. The smallest absolute Gasteiger partial charge is 0.0168 e. The van der Waals surface area contributed by atoms with Gasteiger partial charge in [0.05, 0.1) is 0 Å². The third-order valence-corrected chi connectivity index (χ3v) is 4.89. The summed E-state index contributed by atoms with van der Waals surface area (Å²) in [6.45, 7) is 13.3. The first-order valence-electron chi connectivity index (χ1n) is 7.82. The topological polar surface area (TPSA) is 30.5 Å². The van der Waals surface area contributed by atoms with Gasteiger partial charge in [0.25, 0.3) is 0 Å². The molecular formula is C15H32N4. The molecule has 2 atom stereocenters. The van der Waals surface area contributed by atoms with Crippen molar-refractivity contribution >= 4 is 0 Å². The number of hydrogen-bond acceptors (Lipinski definition) is 4. The van der Waals surface area contributed by atoms with E-state index in [0.717, 1.165) is 19.0 Å². The van der Waals surface area contributed by atoms with Crippen molar-refractivity contribution in [3.05, 3.63) is 0 Å². The second kappa shape index (κ2) is 6.53. The fourth-order valence-electron chi connectivity index (χ4n) is 4.05. The largest absolute Gasteiger partial charge is 0.316 e. The highest BCUT2D eigenvalue weighted by molar-refractivity contribution is 4.94. The van der Waals surface area contributed by atoms with Crippen molar-refractivity contribution in [2.75, 3.05) is 59.9 Å². The zero-order valence-corrected chi connectivity index (χ0v) is 13.2. The molecule has 0 aliphatic carbocycles. The summed E-state index contributed by atoms with van der Waals surface area (Å²) in [5.74, 6) is 0.799. The standard InChI is InChI=1S/C15H32N4/c1-15(2,12-19-9-6-17-7-10-19)14(16-3)13-5-8-18(4)11-13/h13-14,16-17H,5-12H2,1-4H3. The molecule has 0 bridgehead atoms. The molecule has 2 unspecified atom stereocenters. The molecule has 4 heteroatoms. The van der Waals surface area contributed by atoms with Crippen LogP contribution >= 0.6 is 0 Å². The Morgan fingerprint density at radius 2 is 1.95 bits per heavy atom. The van der Waals surface area contributed by atoms with Gasteiger partial charge in [-0.1, -0.05) is 13.8 Å². The minimum atomic E-state index is 0.335. The van der Waals surface area contributed by atoms with Gasteiger partial charge in [0.1, 0.15) is 0 Å². The maximum absolute atomic E-state index is 3.63. The van der Waals surface area contributed by atoms with Crippen LogP contribution in [0.4, 0.5) is 0 Å². The molecule has 0 amide bonds. The molecule has 112 valence electrons. The van der Waals surface area contributed by atoms with Crippen LogP contribution < -0.4 is 10.6 Å². The lowest BCUT2D eigenvalue weighted by atomic mass is 9.76. The predicted octanol–water partition coefficient (Wildman–Crippen LogP) is 0.458. The molecule has 4 nitrogen and oxygen atoms in total. The van der Waals surface area contributed by atoms with Gasteiger partial charge in [-0.3, -0.25) is 0 Å². The lowest BCUT2D eigenvalue weighted by Crippen LogP contribution is -2.54. The molecule has 0 aromatic rings. The lowest BCUT2D eigenvalue weighted by Gasteiger charge is -2.42. The summed E-state index contributed by atoms with van der Waals surface area (Å²) in [4.78, 5) is 5.09. The number of nitrogens with one attached hydrogen (secondary N) is 2. The monoisotopic (exact) mass is 268 g/mol. The molecule has 19 heavy (non-hydrogen) atoms. The fourth-order valence-corrected chi connectivity index (χ4v) is 4.05. The van der Waals surface area contributed by atoms with Gasteiger partial charge in [-0.2, -0.15) is 0 Å². The van der Waals surface area contributed by atoms with Crippen molar-refractivity contribution in [2.45, 2.75) is 26.3 Å². The van der Waals surface area contributed by atoms with Gasteiger partial charge in [-0.25, -0.2) is 0 Å². The van der Waals surface area contributed by atoms with E-state index in [-0.39, 0.29) is 0 Å². The van der Waals surface area contributed by atoms with E-state index in [1.165, 1.54) is 39.1 Å². The van der Waals surface area contributed by atoms with Crippen molar-refractivity contribution in [2.24, 2.45) is 11.3 Å². The summed E-state index contributed by atoms with van der Waals surface area (Å²) < 4.78 is 0. The van der Waals surface area contributed by atoms with Crippen LogP contribution in [-0.2, 0) is 0 Å². The number of likely N-dealkylation sites (tertiary alicyclic amines) is 1. The summed E-state index contributed by atoms with van der Waals surface area (Å²) in [6.07, 6.45) is 1.34. The average Bonchev–Trinajstić information content (AvgIpc) is 2.76. The fraction of sp³-hybridized carbons (Fsp3) is 1.00. The molecule has 0 aromatic heterocycles. The second-order valence-electron chi connectivity index (χ2n) is 7.09. The Balaban J connectivity index is 1.94. The Labute approximate surface area is 118 Å². The summed E-state index contributed by atoms with van der Waals surface area (Å²) >= 11 is 0. The molecule has 2 saturated heterocycles. The van der Waals surface area contributed by atoms with Gasteiger partial charge in [-0.15, -0.1) is 0 Å². The van der Waals surface area contributed by atoms with E-state index in [2.05, 4.69) is 48.4 Å². The zero-order valence-electron chi connectivity index (χ0n) is 13.2. The maximum Gasteiger partial charge on any atom is 0.0168 e. The highest BCUT2D eigenvalue weighted by atomic mass is 15.2. The van der Waals surface area contributed by atoms with Gasteiger partial charge in [-0.05, 0) is 38.4 Å². The number of nitrogens with zero attached hydrogens (tertiary/aromatic N) is 2. The number of piperazine rings is 1. The third-order valence-electron chi connectivity index (χ3n) is 4.89. The minimum absolute atomic E-state index is 0.335. The Morgan fingerprint density at radius 1 is 1.26 bits per heavy atom. The number of hydrogen-bond donors (Lipinski definition) is 2. The van der Waals surface area contributed by atoms with Gasteiger partial charge < -0.3 is 20.4 Å². The Hall–Kier alpha value is -0.160. The van der Waals surface area contributed by atoms with E-state index in [1.807, 2.05) is 0 Å². The molecule has 0 aromatic carbocycles. The molecule has 2 heterocycles. The van der Waals surface area contributed by atoms with E-state index in [1.54, 1.807) is 0 Å². The normalized spacial score (nSPS) is 28.7. The molecule has 2 aliphatic heterocycles. The van der Waals surface area contributed by atoms with Crippen LogP contribution in [0, 0.1) is 11.3 Å². The van der Waals surface area contributed by atoms with Crippen molar-refractivity contribution in [1.82, 2.24) is 20.4 Å². The lowest BCUT2D eigenvalue weighted by molar-refractivity contribution is 0.103. The molecule has 0 radical (unpaired) electrons. The van der Waals surface area contributed by atoms with E-state index in [4.69, 9.17) is 0 Å². The van der Waals surface area contributed by atoms with Gasteiger partial charge in [0.15, 0.2) is 0 Å². The summed E-state index contributed by atoms with van der Waals surface area (Å²) in [5, 5.41) is 7.07. The van der Waals surface area contributed by atoms with E-state index in [9.17, 15) is 0 Å². The molecule has 0 spiro atoms. The molecule has 2 N–H and O–H groups in total. The van der Waals surface area contributed by atoms with E-state index >= 15 is 0 Å². The van der Waals surface area contributed by atoms with Crippen molar-refractivity contribution < 1.29 is 0 Å². The molecule has 2 rings (SSSR count). The van der Waals surface area contributed by atoms with E-state index < -0.39 is 0 Å². The maximum atomic E-state index is 3.63. The minimum Gasteiger partial charge on any atom is -0.316 e. The first-order valence-corrected chi connectivity index (χ1v) is 7.82. The molecule has 0 saturated carbocycles. The summed E-state index contributed by atoms with van der Waals surface area (Å²) in [6, 6.07) is 0.618. The van der Waals surface area contributed by atoms with Crippen LogP contribution in [0.15, 0.2) is 0 Å². The van der Waals surface area contributed by atoms with Crippen LogP contribution in [0.25, 0.3) is 0 Å². The van der Waals surface area contributed by atoms with Gasteiger partial charge >= 0.3 is 0 Å². The van der Waals surface area contributed by atoms with Gasteiger partial charge in [0.2, 0.25) is 0 Å². The summed E-state index contributed by atoms with van der Waals surface area (Å²) in [5.41, 5.74) is 0.335. The van der Waals surface area contributed by atoms with Crippen LogP contribution in [-0.4, -0.2) is 75.8 Å². The highest BCUT2D eigenvalue weighted by Gasteiger charge is 2.38. The van der Waals surface area contributed by atoms with Crippen molar-refractivity contribution in [1.29, 1.82) is 0 Å². The average molecular weight is 268 g/mol. The molecule has 2 fully saturated rings. The van der Waals surface area contributed by atoms with Crippen LogP contribution in [0.1, 0.15) is 20.3 Å².